The molecule has 1 aromatic heterocycles. The fourth-order valence-electron chi connectivity index (χ4n) is 3.56. The monoisotopic (exact) mass is 360 g/mol. The van der Waals surface area contributed by atoms with E-state index in [2.05, 4.69) is 11.6 Å². The van der Waals surface area contributed by atoms with Crippen LogP contribution in [-0.2, 0) is 6.42 Å². The van der Waals surface area contributed by atoms with Crippen molar-refractivity contribution in [1.82, 2.24) is 9.88 Å². The highest BCUT2D eigenvalue weighted by Gasteiger charge is 2.39. The van der Waals surface area contributed by atoms with Gasteiger partial charge in [0.2, 0.25) is 0 Å². The first-order valence-corrected chi connectivity index (χ1v) is 8.68. The summed E-state index contributed by atoms with van der Waals surface area (Å²) in [6.07, 6.45) is 2.15. The molecule has 4 rings (SSSR count). The number of hydrogen-bond donors (Lipinski definition) is 0. The number of amides is 2. The van der Waals surface area contributed by atoms with Gasteiger partial charge >= 0.3 is 0 Å². The molecule has 0 bridgehead atoms. The van der Waals surface area contributed by atoms with E-state index in [1.54, 1.807) is 43.3 Å². The van der Waals surface area contributed by atoms with Gasteiger partial charge in [0, 0.05) is 17.9 Å². The Morgan fingerprint density at radius 1 is 1.11 bits per heavy atom. The predicted molar refractivity (Wildman–Crippen MR) is 101 cm³/mol. The van der Waals surface area contributed by atoms with Crippen molar-refractivity contribution in [2.24, 2.45) is 0 Å². The number of aromatic nitrogens is 1. The summed E-state index contributed by atoms with van der Waals surface area (Å²) in [6.45, 7) is 5.56. The maximum atomic E-state index is 13.6. The minimum absolute atomic E-state index is 0.313. The van der Waals surface area contributed by atoms with Crippen molar-refractivity contribution in [2.75, 3.05) is 0 Å². The van der Waals surface area contributed by atoms with Crippen LogP contribution in [0.2, 0.25) is 0 Å². The van der Waals surface area contributed by atoms with Crippen molar-refractivity contribution >= 4 is 22.7 Å². The molecule has 0 saturated heterocycles. The highest BCUT2D eigenvalue weighted by atomic mass is 19.1. The van der Waals surface area contributed by atoms with Crippen LogP contribution in [0.3, 0.4) is 0 Å². The van der Waals surface area contributed by atoms with E-state index in [-0.39, 0.29) is 17.6 Å². The Bertz CT molecular complexity index is 1070. The molecular weight excluding hydrogens is 343 g/mol. The van der Waals surface area contributed by atoms with Gasteiger partial charge in [0.15, 0.2) is 0 Å². The molecule has 0 aliphatic carbocycles. The van der Waals surface area contributed by atoms with Crippen LogP contribution in [0.1, 0.15) is 44.9 Å². The Morgan fingerprint density at radius 3 is 2.41 bits per heavy atom. The van der Waals surface area contributed by atoms with Gasteiger partial charge in [-0.15, -0.1) is 6.58 Å². The van der Waals surface area contributed by atoms with Crippen molar-refractivity contribution in [2.45, 2.75) is 19.4 Å². The van der Waals surface area contributed by atoms with E-state index in [0.717, 1.165) is 10.9 Å². The average Bonchev–Trinajstić information content (AvgIpc) is 2.92. The molecule has 0 spiro atoms. The Labute approximate surface area is 155 Å². The standard InChI is InChI=1S/C22H17FN2O2/c1-3-6-19-18(11-14-9-10-15(23)12-20(14)24-19)13(2)25-21(26)16-7-4-5-8-17(16)22(25)27/h3-5,7-13H,1,6H2,2H3/t13-/m0/s1. The lowest BCUT2D eigenvalue weighted by Gasteiger charge is -2.25. The molecule has 0 unspecified atom stereocenters. The lowest BCUT2D eigenvalue weighted by molar-refractivity contribution is 0.0594. The van der Waals surface area contributed by atoms with Gasteiger partial charge in [0.25, 0.3) is 11.8 Å². The Kier molecular flexibility index (Phi) is 4.07. The first kappa shape index (κ1) is 17.1. The molecule has 0 saturated carbocycles. The van der Waals surface area contributed by atoms with Gasteiger partial charge in [-0.05, 0) is 42.8 Å². The summed E-state index contributed by atoms with van der Waals surface area (Å²) in [5.41, 5.74) is 2.78. The number of hydrogen-bond acceptors (Lipinski definition) is 3. The number of allylic oxidation sites excluding steroid dienone is 1. The number of pyridine rings is 1. The Morgan fingerprint density at radius 2 is 1.78 bits per heavy atom. The third kappa shape index (κ3) is 2.72. The van der Waals surface area contributed by atoms with Crippen LogP contribution in [0.4, 0.5) is 4.39 Å². The van der Waals surface area contributed by atoms with E-state index < -0.39 is 6.04 Å². The average molecular weight is 360 g/mol. The smallest absolute Gasteiger partial charge is 0.262 e. The zero-order chi connectivity index (χ0) is 19.1. The molecule has 27 heavy (non-hydrogen) atoms. The van der Waals surface area contributed by atoms with Crippen LogP contribution in [0.5, 0.6) is 0 Å². The van der Waals surface area contributed by atoms with Gasteiger partial charge in [-0.2, -0.15) is 0 Å². The minimum Gasteiger partial charge on any atom is -0.269 e. The van der Waals surface area contributed by atoms with E-state index in [9.17, 15) is 14.0 Å². The van der Waals surface area contributed by atoms with Gasteiger partial charge in [-0.25, -0.2) is 4.39 Å². The van der Waals surface area contributed by atoms with Crippen LogP contribution in [-0.4, -0.2) is 21.7 Å². The van der Waals surface area contributed by atoms with Crippen molar-refractivity contribution < 1.29 is 14.0 Å². The van der Waals surface area contributed by atoms with E-state index in [1.165, 1.54) is 17.0 Å². The summed E-state index contributed by atoms with van der Waals surface area (Å²) in [5.74, 6) is -0.987. The fourth-order valence-corrected chi connectivity index (χ4v) is 3.56. The zero-order valence-corrected chi connectivity index (χ0v) is 14.8. The summed E-state index contributed by atoms with van der Waals surface area (Å²) in [7, 11) is 0. The van der Waals surface area contributed by atoms with Crippen molar-refractivity contribution in [3.63, 3.8) is 0 Å². The van der Waals surface area contributed by atoms with Crippen LogP contribution in [0, 0.1) is 5.82 Å². The van der Waals surface area contributed by atoms with Crippen LogP contribution < -0.4 is 0 Å². The number of carbonyl (C=O) groups is 2. The third-order valence-electron chi connectivity index (χ3n) is 4.89. The molecule has 3 aromatic rings. The van der Waals surface area contributed by atoms with Gasteiger partial charge in [-0.1, -0.05) is 18.2 Å². The zero-order valence-electron chi connectivity index (χ0n) is 14.8. The van der Waals surface area contributed by atoms with E-state index in [1.807, 2.05) is 6.07 Å². The highest BCUT2D eigenvalue weighted by Crippen LogP contribution is 2.33. The number of rotatable bonds is 4. The molecule has 2 amide bonds. The molecule has 2 heterocycles. The number of benzene rings is 2. The lowest BCUT2D eigenvalue weighted by Crippen LogP contribution is -2.33. The quantitative estimate of drug-likeness (QED) is 0.510. The van der Waals surface area contributed by atoms with Crippen LogP contribution >= 0.6 is 0 Å². The number of nitrogens with zero attached hydrogens (tertiary/aromatic N) is 2. The number of halogens is 1. The molecule has 5 heteroatoms. The maximum Gasteiger partial charge on any atom is 0.262 e. The molecule has 2 aromatic carbocycles. The molecule has 0 radical (unpaired) electrons. The highest BCUT2D eigenvalue weighted by molar-refractivity contribution is 6.21. The first-order chi connectivity index (χ1) is 13.0. The summed E-state index contributed by atoms with van der Waals surface area (Å²) in [5, 5.41) is 0.752. The topological polar surface area (TPSA) is 50.3 Å². The van der Waals surface area contributed by atoms with E-state index >= 15 is 0 Å². The largest absolute Gasteiger partial charge is 0.269 e. The molecule has 0 fully saturated rings. The van der Waals surface area contributed by atoms with E-state index in [4.69, 9.17) is 0 Å². The number of imide groups is 1. The first-order valence-electron chi connectivity index (χ1n) is 8.68. The summed E-state index contributed by atoms with van der Waals surface area (Å²) in [6, 6.07) is 12.6. The minimum atomic E-state index is -0.505. The number of fused-ring (bicyclic) bond motifs is 2. The van der Waals surface area contributed by atoms with Gasteiger partial charge in [0.1, 0.15) is 5.82 Å². The molecule has 1 atom stereocenters. The summed E-state index contributed by atoms with van der Waals surface area (Å²) < 4.78 is 13.6. The van der Waals surface area contributed by atoms with Crippen LogP contribution in [0.15, 0.2) is 61.2 Å². The maximum absolute atomic E-state index is 13.6. The Hall–Kier alpha value is -3.34. The molecule has 1 aliphatic rings. The summed E-state index contributed by atoms with van der Waals surface area (Å²) >= 11 is 0. The lowest BCUT2D eigenvalue weighted by atomic mass is 10.00. The SMILES string of the molecule is C=CCc1nc2cc(F)ccc2cc1[C@H](C)N1C(=O)c2ccccc2C1=O. The molecule has 4 nitrogen and oxygen atoms in total. The Balaban J connectivity index is 1.83. The third-order valence-corrected chi connectivity index (χ3v) is 4.89. The van der Waals surface area contributed by atoms with Gasteiger partial charge in [0.05, 0.1) is 28.4 Å². The molecular formula is C22H17FN2O2. The summed E-state index contributed by atoms with van der Waals surface area (Å²) in [4.78, 5) is 31.5. The van der Waals surface area contributed by atoms with Crippen molar-refractivity contribution in [1.29, 1.82) is 0 Å². The molecule has 1 aliphatic heterocycles. The van der Waals surface area contributed by atoms with E-state index in [0.29, 0.717) is 28.8 Å². The van der Waals surface area contributed by atoms with Crippen LogP contribution in [0.25, 0.3) is 10.9 Å². The van der Waals surface area contributed by atoms with Gasteiger partial charge in [-0.3, -0.25) is 19.5 Å². The normalized spacial score (nSPS) is 14.5. The van der Waals surface area contributed by atoms with Gasteiger partial charge < -0.3 is 0 Å². The van der Waals surface area contributed by atoms with Crippen molar-refractivity contribution in [3.05, 3.63) is 89.4 Å². The molecule has 0 N–H and O–H groups in total. The van der Waals surface area contributed by atoms with Crippen molar-refractivity contribution in [3.8, 4) is 0 Å². The predicted octanol–water partition coefficient (Wildman–Crippen LogP) is 4.46. The second-order valence-corrected chi connectivity index (χ2v) is 6.56. The number of carbonyl (C=O) groups excluding carboxylic acids is 2. The fraction of sp³-hybridized carbons (Fsp3) is 0.136. The second-order valence-electron chi connectivity index (χ2n) is 6.56. The second kappa shape index (κ2) is 6.43. The molecule has 134 valence electrons.